The number of amides is 1. The highest BCUT2D eigenvalue weighted by Crippen LogP contribution is 2.20. The molecule has 1 rings (SSSR count). The van der Waals surface area contributed by atoms with Gasteiger partial charge in [-0.2, -0.15) is 0 Å². The number of rotatable bonds is 6. The van der Waals surface area contributed by atoms with Gasteiger partial charge in [0.1, 0.15) is 4.21 Å². The summed E-state index contributed by atoms with van der Waals surface area (Å²) in [6.07, 6.45) is 0. The molecular formula is C9H15N3O3S2. The van der Waals surface area contributed by atoms with E-state index < -0.39 is 10.0 Å². The standard InChI is InChI=1S/C9H15N3O3S2/c1-2-11-8(13)6-12-17(14,15)9-4-3-7(5-10)16-9/h3-4,12H,2,5-6,10H2,1H3,(H,11,13). The van der Waals surface area contributed by atoms with E-state index in [1.807, 2.05) is 0 Å². The van der Waals surface area contributed by atoms with E-state index in [2.05, 4.69) is 10.0 Å². The van der Waals surface area contributed by atoms with Gasteiger partial charge in [-0.15, -0.1) is 11.3 Å². The molecule has 0 aliphatic rings. The first-order chi connectivity index (χ1) is 7.99. The number of likely N-dealkylation sites (N-methyl/N-ethyl adjacent to an activating group) is 1. The fourth-order valence-electron chi connectivity index (χ4n) is 1.10. The lowest BCUT2D eigenvalue weighted by Gasteiger charge is -2.04. The van der Waals surface area contributed by atoms with Crippen LogP contribution in [0.15, 0.2) is 16.3 Å². The molecule has 0 unspecified atom stereocenters. The summed E-state index contributed by atoms with van der Waals surface area (Å²) in [6.45, 7) is 2.28. The third-order valence-electron chi connectivity index (χ3n) is 1.90. The summed E-state index contributed by atoms with van der Waals surface area (Å²) in [5.74, 6) is -0.355. The first-order valence-corrected chi connectivity index (χ1v) is 7.34. The van der Waals surface area contributed by atoms with Crippen LogP contribution in [0, 0.1) is 0 Å². The molecule has 17 heavy (non-hydrogen) atoms. The number of nitrogens with two attached hydrogens (primary N) is 1. The van der Waals surface area contributed by atoms with Gasteiger partial charge >= 0.3 is 0 Å². The van der Waals surface area contributed by atoms with Crippen LogP contribution < -0.4 is 15.8 Å². The molecular weight excluding hydrogens is 262 g/mol. The lowest BCUT2D eigenvalue weighted by molar-refractivity contribution is -0.119. The number of thiophene rings is 1. The molecule has 0 fully saturated rings. The lowest BCUT2D eigenvalue weighted by atomic mass is 10.5. The minimum atomic E-state index is -3.61. The normalized spacial score (nSPS) is 11.4. The highest BCUT2D eigenvalue weighted by atomic mass is 32.2. The van der Waals surface area contributed by atoms with Gasteiger partial charge in [-0.25, -0.2) is 13.1 Å². The highest BCUT2D eigenvalue weighted by Gasteiger charge is 2.17. The van der Waals surface area contributed by atoms with Gasteiger partial charge in [0, 0.05) is 18.0 Å². The molecule has 0 aliphatic heterocycles. The van der Waals surface area contributed by atoms with Crippen molar-refractivity contribution in [2.75, 3.05) is 13.1 Å². The summed E-state index contributed by atoms with van der Waals surface area (Å²) < 4.78 is 25.9. The average molecular weight is 277 g/mol. The molecule has 1 heterocycles. The van der Waals surface area contributed by atoms with Crippen LogP contribution in [-0.2, 0) is 21.4 Å². The van der Waals surface area contributed by atoms with Crippen LogP contribution in [0.5, 0.6) is 0 Å². The quantitative estimate of drug-likeness (QED) is 0.660. The number of hydrogen-bond acceptors (Lipinski definition) is 5. The van der Waals surface area contributed by atoms with Gasteiger partial charge in [-0.3, -0.25) is 4.79 Å². The zero-order valence-corrected chi connectivity index (χ0v) is 11.0. The maximum atomic E-state index is 11.7. The molecule has 0 radical (unpaired) electrons. The Morgan fingerprint density at radius 3 is 2.71 bits per heavy atom. The van der Waals surface area contributed by atoms with Crippen molar-refractivity contribution >= 4 is 27.3 Å². The molecule has 0 saturated carbocycles. The minimum absolute atomic E-state index is 0.169. The van der Waals surface area contributed by atoms with E-state index in [0.717, 1.165) is 16.2 Å². The third kappa shape index (κ3) is 4.08. The van der Waals surface area contributed by atoms with Gasteiger partial charge in [0.15, 0.2) is 0 Å². The number of sulfonamides is 1. The second kappa shape index (κ2) is 6.10. The van der Waals surface area contributed by atoms with Crippen LogP contribution >= 0.6 is 11.3 Å². The SMILES string of the molecule is CCNC(=O)CNS(=O)(=O)c1ccc(CN)s1. The maximum absolute atomic E-state index is 11.7. The smallest absolute Gasteiger partial charge is 0.250 e. The average Bonchev–Trinajstić information content (AvgIpc) is 2.76. The minimum Gasteiger partial charge on any atom is -0.355 e. The van der Waals surface area contributed by atoms with Gasteiger partial charge in [0.05, 0.1) is 6.54 Å². The molecule has 96 valence electrons. The largest absolute Gasteiger partial charge is 0.355 e. The molecule has 8 heteroatoms. The predicted molar refractivity (Wildman–Crippen MR) is 66.1 cm³/mol. The van der Waals surface area contributed by atoms with Crippen LogP contribution in [0.4, 0.5) is 0 Å². The Hall–Kier alpha value is -0.960. The zero-order valence-electron chi connectivity index (χ0n) is 9.39. The first kappa shape index (κ1) is 14.1. The van der Waals surface area contributed by atoms with Crippen molar-refractivity contribution in [3.63, 3.8) is 0 Å². The molecule has 1 amide bonds. The maximum Gasteiger partial charge on any atom is 0.250 e. The number of carbonyl (C=O) groups excluding carboxylic acids is 1. The molecule has 4 N–H and O–H groups in total. The molecule has 0 atom stereocenters. The highest BCUT2D eigenvalue weighted by molar-refractivity contribution is 7.91. The molecule has 0 saturated heterocycles. The Morgan fingerprint density at radius 2 is 2.18 bits per heavy atom. The first-order valence-electron chi connectivity index (χ1n) is 5.04. The number of carbonyl (C=O) groups is 1. The summed E-state index contributed by atoms with van der Waals surface area (Å²) in [5, 5.41) is 2.50. The predicted octanol–water partition coefficient (Wildman–Crippen LogP) is -0.379. The fourth-order valence-corrected chi connectivity index (χ4v) is 3.36. The van der Waals surface area contributed by atoms with Crippen molar-refractivity contribution in [3.05, 3.63) is 17.0 Å². The van der Waals surface area contributed by atoms with E-state index in [4.69, 9.17) is 5.73 Å². The topological polar surface area (TPSA) is 101 Å². The van der Waals surface area contributed by atoms with Crippen LogP contribution in [0.2, 0.25) is 0 Å². The Bertz CT molecular complexity index is 481. The molecule has 0 aromatic carbocycles. The monoisotopic (exact) mass is 277 g/mol. The summed E-state index contributed by atoms with van der Waals surface area (Å²) in [5.41, 5.74) is 5.40. The zero-order chi connectivity index (χ0) is 12.9. The van der Waals surface area contributed by atoms with E-state index >= 15 is 0 Å². The van der Waals surface area contributed by atoms with E-state index in [1.54, 1.807) is 13.0 Å². The van der Waals surface area contributed by atoms with Crippen LogP contribution in [0.25, 0.3) is 0 Å². The van der Waals surface area contributed by atoms with Crippen molar-refractivity contribution in [1.29, 1.82) is 0 Å². The molecule has 0 spiro atoms. The summed E-state index contributed by atoms with van der Waals surface area (Å²) in [7, 11) is -3.61. The Balaban J connectivity index is 2.65. The van der Waals surface area contributed by atoms with E-state index in [9.17, 15) is 13.2 Å². The molecule has 0 bridgehead atoms. The van der Waals surface area contributed by atoms with Crippen molar-refractivity contribution in [3.8, 4) is 0 Å². The molecule has 0 aliphatic carbocycles. The van der Waals surface area contributed by atoms with Crippen molar-refractivity contribution in [1.82, 2.24) is 10.0 Å². The van der Waals surface area contributed by atoms with E-state index in [1.165, 1.54) is 6.07 Å². The van der Waals surface area contributed by atoms with Crippen molar-refractivity contribution in [2.24, 2.45) is 5.73 Å². The van der Waals surface area contributed by atoms with Gasteiger partial charge in [0.2, 0.25) is 5.91 Å². The Morgan fingerprint density at radius 1 is 1.47 bits per heavy atom. The second-order valence-electron chi connectivity index (χ2n) is 3.20. The van der Waals surface area contributed by atoms with Crippen molar-refractivity contribution < 1.29 is 13.2 Å². The molecule has 6 nitrogen and oxygen atoms in total. The summed E-state index contributed by atoms with van der Waals surface area (Å²) in [6, 6.07) is 3.14. The molecule has 1 aromatic heterocycles. The van der Waals surface area contributed by atoms with Crippen LogP contribution in [-0.4, -0.2) is 27.4 Å². The third-order valence-corrected chi connectivity index (χ3v) is 4.90. The van der Waals surface area contributed by atoms with Gasteiger partial charge < -0.3 is 11.1 Å². The van der Waals surface area contributed by atoms with Crippen molar-refractivity contribution in [2.45, 2.75) is 17.7 Å². The van der Waals surface area contributed by atoms with E-state index in [-0.39, 0.29) is 16.7 Å². The van der Waals surface area contributed by atoms with Gasteiger partial charge in [0.25, 0.3) is 10.0 Å². The summed E-state index contributed by atoms with van der Waals surface area (Å²) >= 11 is 1.10. The lowest BCUT2D eigenvalue weighted by Crippen LogP contribution is -2.36. The molecule has 1 aromatic rings. The Labute approximate surface area is 104 Å². The second-order valence-corrected chi connectivity index (χ2v) is 6.37. The van der Waals surface area contributed by atoms with Gasteiger partial charge in [-0.05, 0) is 19.1 Å². The summed E-state index contributed by atoms with van der Waals surface area (Å²) in [4.78, 5) is 11.9. The fraction of sp³-hybridized carbons (Fsp3) is 0.444. The van der Waals surface area contributed by atoms with E-state index in [0.29, 0.717) is 13.1 Å². The number of hydrogen-bond donors (Lipinski definition) is 3. The van der Waals surface area contributed by atoms with Crippen LogP contribution in [0.1, 0.15) is 11.8 Å². The number of nitrogens with one attached hydrogen (secondary N) is 2. The van der Waals surface area contributed by atoms with Gasteiger partial charge in [-0.1, -0.05) is 0 Å². The van der Waals surface area contributed by atoms with Crippen LogP contribution in [0.3, 0.4) is 0 Å². The Kier molecular flexibility index (Phi) is 5.06.